The minimum atomic E-state index is -4.62. The van der Waals surface area contributed by atoms with E-state index in [0.717, 1.165) is 18.0 Å². The molecule has 1 aliphatic heterocycles. The zero-order valence-corrected chi connectivity index (χ0v) is 19.0. The highest BCUT2D eigenvalue weighted by molar-refractivity contribution is 9.10. The van der Waals surface area contributed by atoms with Gasteiger partial charge in [-0.05, 0) is 22.0 Å². The summed E-state index contributed by atoms with van der Waals surface area (Å²) in [6.45, 7) is -0.552. The average molecular weight is 554 g/mol. The second-order valence-electron chi connectivity index (χ2n) is 6.77. The molecule has 3 N–H and O–H groups in total. The van der Waals surface area contributed by atoms with Gasteiger partial charge in [0.25, 0.3) is 0 Å². The summed E-state index contributed by atoms with van der Waals surface area (Å²) in [6, 6.07) is 0.171. The molecule has 0 bridgehead atoms. The monoisotopic (exact) mass is 553 g/mol. The highest BCUT2D eigenvalue weighted by Gasteiger charge is 2.46. The molecule has 0 spiro atoms. The first-order chi connectivity index (χ1) is 15.2. The maximum atomic E-state index is 12.9. The maximum Gasteiger partial charge on any atom is 0.434 e. The molecule has 1 saturated heterocycles. The van der Waals surface area contributed by atoms with Crippen LogP contribution in [0.5, 0.6) is 0 Å². The highest BCUT2D eigenvalue weighted by Crippen LogP contribution is 2.40. The largest absolute Gasteiger partial charge is 0.434 e. The van der Waals surface area contributed by atoms with Crippen LogP contribution in [-0.2, 0) is 10.9 Å². The van der Waals surface area contributed by atoms with E-state index in [1.165, 1.54) is 28.3 Å². The third-order valence-corrected chi connectivity index (χ3v) is 7.00. The molecule has 32 heavy (non-hydrogen) atoms. The lowest BCUT2D eigenvalue weighted by Gasteiger charge is -2.41. The molecule has 1 aliphatic rings. The minimum absolute atomic E-state index is 0.264. The number of rotatable bonds is 5. The van der Waals surface area contributed by atoms with E-state index in [-0.39, 0.29) is 9.37 Å². The number of aromatic nitrogens is 5. The van der Waals surface area contributed by atoms with Gasteiger partial charge in [0, 0.05) is 20.9 Å². The first-order valence-electron chi connectivity index (χ1n) is 9.01. The van der Waals surface area contributed by atoms with Crippen molar-refractivity contribution in [3.63, 3.8) is 0 Å². The molecule has 4 rings (SSSR count). The van der Waals surface area contributed by atoms with Crippen molar-refractivity contribution in [3.8, 4) is 11.4 Å². The van der Waals surface area contributed by atoms with Gasteiger partial charge in [0.1, 0.15) is 41.2 Å². The molecule has 0 radical (unpaired) electrons. The quantitative estimate of drug-likeness (QED) is 0.436. The van der Waals surface area contributed by atoms with Gasteiger partial charge in [-0.1, -0.05) is 17.0 Å². The van der Waals surface area contributed by atoms with Crippen molar-refractivity contribution >= 4 is 39.0 Å². The first kappa shape index (κ1) is 23.5. The van der Waals surface area contributed by atoms with Crippen LogP contribution in [0.4, 0.5) is 13.2 Å². The van der Waals surface area contributed by atoms with Gasteiger partial charge in [0.05, 0.1) is 18.3 Å². The number of thiazole rings is 1. The molecule has 0 aliphatic carbocycles. The van der Waals surface area contributed by atoms with E-state index in [1.807, 2.05) is 0 Å². The third kappa shape index (κ3) is 4.69. The van der Waals surface area contributed by atoms with E-state index in [9.17, 15) is 28.5 Å². The van der Waals surface area contributed by atoms with Gasteiger partial charge >= 0.3 is 6.18 Å². The van der Waals surface area contributed by atoms with Gasteiger partial charge in [0.15, 0.2) is 5.69 Å². The van der Waals surface area contributed by atoms with Crippen LogP contribution in [-0.4, -0.2) is 70.6 Å². The molecular formula is C17H15BrF3N5O4S2. The SMILES string of the molecule is OCC1O[C@H](Sc2cnc(C(F)(F)F)c(Br)c2)C(O)[C@@H](n2cc(-c3cscn3)nn2)[C@H]1O. The van der Waals surface area contributed by atoms with Crippen molar-refractivity contribution in [3.05, 3.63) is 39.5 Å². The number of halogens is 4. The number of ether oxygens (including phenoxy) is 1. The topological polar surface area (TPSA) is 126 Å². The molecule has 3 aromatic heterocycles. The molecule has 0 aromatic carbocycles. The predicted octanol–water partition coefficient (Wildman–Crippen LogP) is 2.35. The van der Waals surface area contributed by atoms with Crippen molar-refractivity contribution in [1.82, 2.24) is 25.0 Å². The Morgan fingerprint density at radius 1 is 1.22 bits per heavy atom. The summed E-state index contributed by atoms with van der Waals surface area (Å²) in [6.07, 6.45) is -5.85. The number of hydrogen-bond acceptors (Lipinski definition) is 10. The predicted molar refractivity (Wildman–Crippen MR) is 111 cm³/mol. The molecule has 3 aromatic rings. The number of hydrogen-bond donors (Lipinski definition) is 3. The van der Waals surface area contributed by atoms with E-state index in [2.05, 4.69) is 36.2 Å². The summed E-state index contributed by atoms with van der Waals surface area (Å²) in [5.74, 6) is 0. The highest BCUT2D eigenvalue weighted by atomic mass is 79.9. The Hall–Kier alpha value is -1.62. The fourth-order valence-corrected chi connectivity index (χ4v) is 5.52. The number of aliphatic hydroxyl groups is 3. The third-order valence-electron chi connectivity index (χ3n) is 4.70. The van der Waals surface area contributed by atoms with Gasteiger partial charge in [-0.15, -0.1) is 16.4 Å². The molecule has 1 fully saturated rings. The normalized spacial score (nSPS) is 26.4. The number of thioether (sulfide) groups is 1. The van der Waals surface area contributed by atoms with Crippen LogP contribution >= 0.6 is 39.0 Å². The van der Waals surface area contributed by atoms with Gasteiger partial charge in [-0.25, -0.2) is 14.6 Å². The van der Waals surface area contributed by atoms with Crippen molar-refractivity contribution in [1.29, 1.82) is 0 Å². The standard InChI is InChI=1S/C17H15BrF3N5O4S2/c18-8-1-7(2-22-15(8)17(19,20)21)32-16-14(29)12(13(28)11(4-27)30-16)26-3-9(24-25-26)10-5-31-6-23-10/h1-3,5-6,11-14,16,27-29H,4H2/t11?,12-,13-,14?,16+/m0/s1. The molecule has 2 unspecified atom stereocenters. The molecule has 5 atom stereocenters. The summed E-state index contributed by atoms with van der Waals surface area (Å²) < 4.78 is 45.4. The Bertz CT molecular complexity index is 1070. The number of alkyl halides is 3. The van der Waals surface area contributed by atoms with Gasteiger partial charge in [-0.3, -0.25) is 0 Å². The van der Waals surface area contributed by atoms with E-state index >= 15 is 0 Å². The first-order valence-corrected chi connectivity index (χ1v) is 11.6. The smallest absolute Gasteiger partial charge is 0.394 e. The van der Waals surface area contributed by atoms with E-state index in [0.29, 0.717) is 11.4 Å². The van der Waals surface area contributed by atoms with Crippen LogP contribution in [0.15, 0.2) is 38.7 Å². The summed E-state index contributed by atoms with van der Waals surface area (Å²) in [7, 11) is 0. The minimum Gasteiger partial charge on any atom is -0.394 e. The fraction of sp³-hybridized carbons (Fsp3) is 0.412. The molecular weight excluding hydrogens is 539 g/mol. The Kier molecular flexibility index (Phi) is 6.86. The van der Waals surface area contributed by atoms with Crippen LogP contribution < -0.4 is 0 Å². The zero-order chi connectivity index (χ0) is 23.0. The fourth-order valence-electron chi connectivity index (χ4n) is 3.18. The molecule has 9 nitrogen and oxygen atoms in total. The van der Waals surface area contributed by atoms with E-state index < -0.39 is 48.3 Å². The number of nitrogens with zero attached hydrogens (tertiary/aromatic N) is 5. The van der Waals surface area contributed by atoms with Crippen LogP contribution in [0.25, 0.3) is 11.4 Å². The van der Waals surface area contributed by atoms with Crippen LogP contribution in [0, 0.1) is 0 Å². The second-order valence-corrected chi connectivity index (χ2v) is 9.52. The average Bonchev–Trinajstić information content (AvgIpc) is 3.41. The van der Waals surface area contributed by atoms with Crippen LogP contribution in [0.1, 0.15) is 11.7 Å². The second kappa shape index (κ2) is 9.32. The summed E-state index contributed by atoms with van der Waals surface area (Å²) in [4.78, 5) is 7.86. The van der Waals surface area contributed by atoms with Gasteiger partial charge in [0.2, 0.25) is 0 Å². The lowest BCUT2D eigenvalue weighted by Crippen LogP contribution is -2.55. The Labute approximate surface area is 195 Å². The molecule has 15 heteroatoms. The number of aliphatic hydroxyl groups excluding tert-OH is 3. The van der Waals surface area contributed by atoms with Crippen molar-refractivity contribution in [2.75, 3.05) is 6.61 Å². The maximum absolute atomic E-state index is 12.9. The zero-order valence-electron chi connectivity index (χ0n) is 15.8. The van der Waals surface area contributed by atoms with Crippen molar-refractivity contribution in [2.24, 2.45) is 0 Å². The molecule has 4 heterocycles. The summed E-state index contributed by atoms with van der Waals surface area (Å²) in [5, 5.41) is 41.0. The lowest BCUT2D eigenvalue weighted by atomic mass is 9.97. The van der Waals surface area contributed by atoms with Gasteiger partial charge < -0.3 is 20.1 Å². The summed E-state index contributed by atoms with van der Waals surface area (Å²) in [5.41, 5.74) is 0.501. The molecule has 0 amide bonds. The molecule has 172 valence electrons. The van der Waals surface area contributed by atoms with Gasteiger partial charge in [-0.2, -0.15) is 13.2 Å². The Morgan fingerprint density at radius 2 is 2.00 bits per heavy atom. The Balaban J connectivity index is 1.59. The van der Waals surface area contributed by atoms with E-state index in [4.69, 9.17) is 4.74 Å². The van der Waals surface area contributed by atoms with Crippen molar-refractivity contribution in [2.45, 2.75) is 40.9 Å². The van der Waals surface area contributed by atoms with Crippen LogP contribution in [0.2, 0.25) is 0 Å². The number of pyridine rings is 1. The Morgan fingerprint density at radius 3 is 2.62 bits per heavy atom. The lowest BCUT2D eigenvalue weighted by molar-refractivity contribution is -0.178. The van der Waals surface area contributed by atoms with E-state index in [1.54, 1.807) is 10.9 Å². The summed E-state index contributed by atoms with van der Waals surface area (Å²) >= 11 is 5.13. The molecule has 0 saturated carbocycles. The van der Waals surface area contributed by atoms with Crippen LogP contribution in [0.3, 0.4) is 0 Å². The van der Waals surface area contributed by atoms with Crippen molar-refractivity contribution < 1.29 is 33.2 Å².